The second-order valence-electron chi connectivity index (χ2n) is 13.2. The van der Waals surface area contributed by atoms with Gasteiger partial charge in [0.1, 0.15) is 12.1 Å². The van der Waals surface area contributed by atoms with Crippen LogP contribution in [0.3, 0.4) is 0 Å². The first-order valence-corrected chi connectivity index (χ1v) is 15.1. The zero-order valence-electron chi connectivity index (χ0n) is 26.6. The van der Waals surface area contributed by atoms with Crippen molar-refractivity contribution < 1.29 is 9.90 Å². The van der Waals surface area contributed by atoms with Crippen LogP contribution in [0.1, 0.15) is 71.1 Å². The molecular formula is C32H46N8O2. The number of aromatic amines is 1. The number of pyridine rings is 2. The summed E-state index contributed by atoms with van der Waals surface area (Å²) >= 11 is 0. The number of β-amino-alcohol motifs (C(OH)–C–C–N with tert-alkyl or cyclic N) is 1. The molecule has 1 saturated heterocycles. The molecule has 1 amide bonds. The molecule has 5 rings (SSSR count). The second kappa shape index (κ2) is 11.3. The Morgan fingerprint density at radius 3 is 2.55 bits per heavy atom. The maximum Gasteiger partial charge on any atom is 0.237 e. The Bertz CT molecular complexity index is 1600. The van der Waals surface area contributed by atoms with Gasteiger partial charge in [0, 0.05) is 54.6 Å². The third-order valence-electron chi connectivity index (χ3n) is 8.88. The number of H-pyrrole nitrogens is 1. The molecule has 10 nitrogen and oxygen atoms in total. The lowest BCUT2D eigenvalue weighted by atomic mass is 9.95. The van der Waals surface area contributed by atoms with Crippen molar-refractivity contribution in [1.29, 1.82) is 0 Å². The molecule has 2 atom stereocenters. The minimum Gasteiger partial charge on any atom is -0.395 e. The first kappa shape index (κ1) is 30.0. The lowest BCUT2D eigenvalue weighted by molar-refractivity contribution is -0.136. The van der Waals surface area contributed by atoms with Gasteiger partial charge in [-0.25, -0.2) is 14.5 Å². The highest BCUT2D eigenvalue weighted by Crippen LogP contribution is 2.38. The van der Waals surface area contributed by atoms with Gasteiger partial charge in [-0.3, -0.25) is 9.69 Å². The highest BCUT2D eigenvalue weighted by molar-refractivity contribution is 5.90. The molecule has 1 aliphatic heterocycles. The van der Waals surface area contributed by atoms with Crippen LogP contribution >= 0.6 is 0 Å². The Morgan fingerprint density at radius 2 is 1.88 bits per heavy atom. The van der Waals surface area contributed by atoms with E-state index in [1.807, 2.05) is 9.42 Å². The highest BCUT2D eigenvalue weighted by atomic mass is 16.3. The summed E-state index contributed by atoms with van der Waals surface area (Å²) in [6.45, 7) is 21.3. The smallest absolute Gasteiger partial charge is 0.237 e. The van der Waals surface area contributed by atoms with E-state index in [4.69, 9.17) is 4.98 Å². The second-order valence-corrected chi connectivity index (χ2v) is 13.2. The molecule has 0 saturated carbocycles. The van der Waals surface area contributed by atoms with Crippen LogP contribution in [0.15, 0.2) is 24.7 Å². The number of hydrogen-bond acceptors (Lipinski definition) is 7. The van der Waals surface area contributed by atoms with Crippen LogP contribution in [0.4, 0.5) is 5.82 Å². The van der Waals surface area contributed by atoms with Gasteiger partial charge >= 0.3 is 0 Å². The number of aromatic nitrogens is 5. The summed E-state index contributed by atoms with van der Waals surface area (Å²) in [7, 11) is 0. The van der Waals surface area contributed by atoms with Crippen LogP contribution in [0.2, 0.25) is 0 Å². The summed E-state index contributed by atoms with van der Waals surface area (Å²) in [5.74, 6) is 1.28. The van der Waals surface area contributed by atoms with Crippen molar-refractivity contribution in [1.82, 2.24) is 34.4 Å². The maximum atomic E-state index is 13.4. The summed E-state index contributed by atoms with van der Waals surface area (Å²) in [4.78, 5) is 33.2. The maximum absolute atomic E-state index is 13.4. The first-order valence-electron chi connectivity index (χ1n) is 15.1. The van der Waals surface area contributed by atoms with E-state index in [2.05, 4.69) is 106 Å². The summed E-state index contributed by atoms with van der Waals surface area (Å²) in [6, 6.07) is 4.37. The van der Waals surface area contributed by atoms with E-state index in [1.165, 1.54) is 11.1 Å². The Hall–Kier alpha value is -3.50. The fourth-order valence-corrected chi connectivity index (χ4v) is 6.28. The third kappa shape index (κ3) is 5.38. The number of fused-ring (bicyclic) bond motifs is 2. The molecule has 1 fully saturated rings. The van der Waals surface area contributed by atoms with Crippen molar-refractivity contribution in [2.24, 2.45) is 0 Å². The number of rotatable bonds is 7. The molecule has 42 heavy (non-hydrogen) atoms. The van der Waals surface area contributed by atoms with Gasteiger partial charge in [-0.2, -0.15) is 5.10 Å². The number of carbonyl (C=O) groups excluding carboxylic acids is 1. The van der Waals surface area contributed by atoms with E-state index < -0.39 is 0 Å². The van der Waals surface area contributed by atoms with Gasteiger partial charge in [0.15, 0.2) is 5.65 Å². The molecule has 1 aliphatic rings. The number of piperazine rings is 1. The average molecular weight is 575 g/mol. The SMILES string of the molecule is Cc1c(-c2[nH]c3ccc(N4C[C@H](C)N(C(=O)CN(CCO)C(C)(C)C)C[C@H]4C)nc3c2C(C)C)cn2ncnc2c1C. The topological polar surface area (TPSA) is 106 Å². The molecule has 226 valence electrons. The molecule has 0 aliphatic carbocycles. The molecule has 10 heteroatoms. The number of hydrogen-bond donors (Lipinski definition) is 2. The van der Waals surface area contributed by atoms with Crippen LogP contribution in [0.5, 0.6) is 0 Å². The fourth-order valence-electron chi connectivity index (χ4n) is 6.28. The molecule has 0 bridgehead atoms. The predicted molar refractivity (Wildman–Crippen MR) is 168 cm³/mol. The van der Waals surface area contributed by atoms with Crippen LogP contribution in [0.25, 0.3) is 27.9 Å². The van der Waals surface area contributed by atoms with E-state index in [1.54, 1.807) is 6.33 Å². The van der Waals surface area contributed by atoms with E-state index in [0.717, 1.165) is 39.3 Å². The van der Waals surface area contributed by atoms with Crippen LogP contribution in [-0.2, 0) is 4.79 Å². The molecule has 4 aromatic rings. The number of anilines is 1. The standard InChI is InChI=1S/C32H46N8O2/c1-19(2)28-29(24-16-40-31(33-18-34-40)23(6)22(24)5)35-25-10-11-26(36-30(25)28)38-14-21(4)39(15-20(38)3)27(42)17-37(12-13-41)32(7,8)9/h10-11,16,18-21,35,41H,12-15,17H2,1-9H3/t20-,21+/m1/s1. The highest BCUT2D eigenvalue weighted by Gasteiger charge is 2.35. The van der Waals surface area contributed by atoms with Gasteiger partial charge in [-0.1, -0.05) is 13.8 Å². The van der Waals surface area contributed by atoms with E-state index in [9.17, 15) is 9.90 Å². The Labute approximate surface area is 248 Å². The molecule has 5 heterocycles. The molecular weight excluding hydrogens is 528 g/mol. The quantitative estimate of drug-likeness (QED) is 0.334. The number of nitrogens with one attached hydrogen (secondary N) is 1. The third-order valence-corrected chi connectivity index (χ3v) is 8.88. The summed E-state index contributed by atoms with van der Waals surface area (Å²) in [5, 5.41) is 14.0. The monoisotopic (exact) mass is 574 g/mol. The van der Waals surface area contributed by atoms with E-state index in [-0.39, 0.29) is 36.1 Å². The summed E-state index contributed by atoms with van der Waals surface area (Å²) < 4.78 is 1.85. The largest absolute Gasteiger partial charge is 0.395 e. The molecule has 4 aromatic heterocycles. The molecule has 0 unspecified atom stereocenters. The minimum atomic E-state index is -0.198. The van der Waals surface area contributed by atoms with Gasteiger partial charge in [0.25, 0.3) is 0 Å². The lowest BCUT2D eigenvalue weighted by Crippen LogP contribution is -2.60. The Kier molecular flexibility index (Phi) is 8.06. The average Bonchev–Trinajstić information content (AvgIpc) is 3.55. The predicted octanol–water partition coefficient (Wildman–Crippen LogP) is 4.53. The number of aliphatic hydroxyl groups excluding tert-OH is 1. The summed E-state index contributed by atoms with van der Waals surface area (Å²) in [5.41, 5.74) is 8.33. The van der Waals surface area contributed by atoms with Crippen LogP contribution < -0.4 is 4.90 Å². The Morgan fingerprint density at radius 1 is 1.14 bits per heavy atom. The van der Waals surface area contributed by atoms with Gasteiger partial charge < -0.3 is 19.9 Å². The van der Waals surface area contributed by atoms with Crippen molar-refractivity contribution in [2.75, 3.05) is 37.7 Å². The van der Waals surface area contributed by atoms with Gasteiger partial charge in [0.2, 0.25) is 5.91 Å². The van der Waals surface area contributed by atoms with Crippen LogP contribution in [-0.4, -0.2) is 95.8 Å². The van der Waals surface area contributed by atoms with Crippen LogP contribution in [0, 0.1) is 13.8 Å². The van der Waals surface area contributed by atoms with Crippen molar-refractivity contribution in [2.45, 2.75) is 85.9 Å². The minimum absolute atomic E-state index is 0.0336. The number of aryl methyl sites for hydroxylation is 1. The molecule has 2 N–H and O–H groups in total. The first-order chi connectivity index (χ1) is 19.8. The van der Waals surface area contributed by atoms with Gasteiger partial charge in [-0.05, 0) is 77.6 Å². The van der Waals surface area contributed by atoms with E-state index >= 15 is 0 Å². The van der Waals surface area contributed by atoms with Crippen molar-refractivity contribution in [3.8, 4) is 11.3 Å². The zero-order valence-corrected chi connectivity index (χ0v) is 26.6. The number of nitrogens with zero attached hydrogens (tertiary/aromatic N) is 7. The number of carbonyl (C=O) groups is 1. The van der Waals surface area contributed by atoms with Crippen molar-refractivity contribution in [3.05, 3.63) is 41.3 Å². The molecule has 0 radical (unpaired) electrons. The van der Waals surface area contributed by atoms with Gasteiger partial charge in [0.05, 0.1) is 29.9 Å². The summed E-state index contributed by atoms with van der Waals surface area (Å²) in [6.07, 6.45) is 3.66. The van der Waals surface area contributed by atoms with E-state index in [0.29, 0.717) is 26.2 Å². The molecule has 0 spiro atoms. The normalized spacial score (nSPS) is 18.3. The Balaban J connectivity index is 1.45. The lowest BCUT2D eigenvalue weighted by Gasteiger charge is -2.46. The number of aliphatic hydroxyl groups is 1. The zero-order chi connectivity index (χ0) is 30.5. The van der Waals surface area contributed by atoms with Crippen molar-refractivity contribution >= 4 is 28.4 Å². The van der Waals surface area contributed by atoms with Gasteiger partial charge in [-0.15, -0.1) is 0 Å². The fraction of sp³-hybridized carbons (Fsp3) is 0.562. The number of amides is 1. The van der Waals surface area contributed by atoms with Crippen molar-refractivity contribution in [3.63, 3.8) is 0 Å². The molecule has 0 aromatic carbocycles.